The molecule has 35 heavy (non-hydrogen) atoms. The molecule has 2 aromatic rings. The van der Waals surface area contributed by atoms with Gasteiger partial charge in [0, 0.05) is 51.3 Å². The van der Waals surface area contributed by atoms with Crippen LogP contribution in [0.15, 0.2) is 42.5 Å². The number of nitrogens with zero attached hydrogens (tertiary/aromatic N) is 3. The largest absolute Gasteiger partial charge is 0.491 e. The molecule has 0 spiro atoms. The molecule has 0 aliphatic carbocycles. The van der Waals surface area contributed by atoms with Crippen LogP contribution in [0.4, 0.5) is 0 Å². The molecular formula is C29H41N3O3. The fourth-order valence-electron chi connectivity index (χ4n) is 5.00. The summed E-state index contributed by atoms with van der Waals surface area (Å²) >= 11 is 0. The highest BCUT2D eigenvalue weighted by atomic mass is 16.5. The molecule has 2 bridgehead atoms. The number of likely N-dealkylation sites (N-methyl/N-ethyl adjacent to an activating group) is 1. The van der Waals surface area contributed by atoms with Crippen molar-refractivity contribution in [2.45, 2.75) is 33.2 Å². The molecule has 0 radical (unpaired) electrons. The zero-order valence-corrected chi connectivity index (χ0v) is 21.7. The van der Waals surface area contributed by atoms with Crippen LogP contribution in [0.25, 0.3) is 0 Å². The number of carbonyl (C=O) groups is 1. The van der Waals surface area contributed by atoms with Crippen LogP contribution in [0.2, 0.25) is 0 Å². The zero-order valence-electron chi connectivity index (χ0n) is 21.7. The molecule has 0 aromatic heterocycles. The van der Waals surface area contributed by atoms with Crippen molar-refractivity contribution < 1.29 is 14.3 Å². The summed E-state index contributed by atoms with van der Waals surface area (Å²) in [4.78, 5) is 20.1. The third kappa shape index (κ3) is 7.53. The zero-order chi connectivity index (χ0) is 24.6. The molecule has 0 N–H and O–H groups in total. The average Bonchev–Trinajstić information content (AvgIpc) is 3.05. The minimum atomic E-state index is 0.115. The number of carbonyl (C=O) groups excluding carboxylic acids is 1. The smallest absolute Gasteiger partial charge is 0.253 e. The third-order valence-corrected chi connectivity index (χ3v) is 6.77. The van der Waals surface area contributed by atoms with E-state index in [9.17, 15) is 4.79 Å². The van der Waals surface area contributed by atoms with Crippen molar-refractivity contribution in [3.63, 3.8) is 0 Å². The van der Waals surface area contributed by atoms with E-state index in [2.05, 4.69) is 55.0 Å². The fourth-order valence-corrected chi connectivity index (χ4v) is 5.00. The second kappa shape index (κ2) is 12.5. The molecule has 0 atom stereocenters. The first-order valence-corrected chi connectivity index (χ1v) is 13.1. The standard InChI is InChI=1S/C29H41N3O3/c1-23(2)21-31-14-15-34-16-17-35-28-9-8-26(29(33)32-11-5-10-30(3)12-13-32)20-27(28)19-24-6-4-7-25(18-24)22-31/h4,6-9,18,20,23H,5,10-17,19,21-22H2,1-3H3. The molecule has 0 saturated carbocycles. The van der Waals surface area contributed by atoms with Gasteiger partial charge in [0.1, 0.15) is 12.4 Å². The number of amides is 1. The predicted octanol–water partition coefficient (Wildman–Crippen LogP) is 3.92. The number of hydrogen-bond acceptors (Lipinski definition) is 5. The summed E-state index contributed by atoms with van der Waals surface area (Å²) in [5.74, 6) is 1.56. The highest BCUT2D eigenvalue weighted by Crippen LogP contribution is 2.25. The molecule has 6 heteroatoms. The molecule has 2 aromatic carbocycles. The molecule has 0 unspecified atom stereocenters. The molecule has 1 amide bonds. The van der Waals surface area contributed by atoms with Crippen molar-refractivity contribution in [3.8, 4) is 5.75 Å². The van der Waals surface area contributed by atoms with Crippen molar-refractivity contribution in [2.75, 3.05) is 66.1 Å². The van der Waals surface area contributed by atoms with Crippen molar-refractivity contribution in [1.82, 2.24) is 14.7 Å². The summed E-state index contributed by atoms with van der Waals surface area (Å²) in [5.41, 5.74) is 4.35. The van der Waals surface area contributed by atoms with Crippen LogP contribution in [0.1, 0.15) is 47.3 Å². The maximum absolute atomic E-state index is 13.3. The highest BCUT2D eigenvalue weighted by Gasteiger charge is 2.20. The highest BCUT2D eigenvalue weighted by molar-refractivity contribution is 5.94. The normalized spacial score (nSPS) is 18.9. The van der Waals surface area contributed by atoms with E-state index < -0.39 is 0 Å². The molecule has 6 nitrogen and oxygen atoms in total. The van der Waals surface area contributed by atoms with Gasteiger partial charge in [0.25, 0.3) is 5.91 Å². The van der Waals surface area contributed by atoms with E-state index in [1.165, 1.54) is 11.1 Å². The maximum atomic E-state index is 13.3. The summed E-state index contributed by atoms with van der Waals surface area (Å²) in [6, 6.07) is 14.7. The van der Waals surface area contributed by atoms with E-state index in [0.717, 1.165) is 75.5 Å². The van der Waals surface area contributed by atoms with Crippen LogP contribution in [-0.4, -0.2) is 86.7 Å². The molecule has 2 aliphatic heterocycles. The lowest BCUT2D eigenvalue weighted by atomic mass is 9.99. The Morgan fingerprint density at radius 1 is 0.943 bits per heavy atom. The van der Waals surface area contributed by atoms with Gasteiger partial charge in [0.15, 0.2) is 0 Å². The van der Waals surface area contributed by atoms with Gasteiger partial charge >= 0.3 is 0 Å². The molecule has 4 rings (SSSR count). The van der Waals surface area contributed by atoms with Crippen molar-refractivity contribution in [2.24, 2.45) is 5.92 Å². The Balaban J connectivity index is 1.58. The van der Waals surface area contributed by atoms with Gasteiger partial charge < -0.3 is 19.3 Å². The van der Waals surface area contributed by atoms with Crippen LogP contribution in [0, 0.1) is 5.92 Å². The fraction of sp³-hybridized carbons (Fsp3) is 0.552. The van der Waals surface area contributed by atoms with Crippen LogP contribution in [-0.2, 0) is 17.7 Å². The molecule has 2 heterocycles. The van der Waals surface area contributed by atoms with Gasteiger partial charge in [-0.3, -0.25) is 9.69 Å². The Morgan fingerprint density at radius 3 is 2.66 bits per heavy atom. The number of rotatable bonds is 3. The third-order valence-electron chi connectivity index (χ3n) is 6.77. The first-order valence-electron chi connectivity index (χ1n) is 13.1. The van der Waals surface area contributed by atoms with Crippen molar-refractivity contribution in [1.29, 1.82) is 0 Å². The average molecular weight is 480 g/mol. The Bertz CT molecular complexity index is 977. The summed E-state index contributed by atoms with van der Waals surface area (Å²) < 4.78 is 12.0. The van der Waals surface area contributed by atoms with Crippen LogP contribution < -0.4 is 4.74 Å². The van der Waals surface area contributed by atoms with Gasteiger partial charge in [-0.25, -0.2) is 0 Å². The first-order chi connectivity index (χ1) is 17.0. The lowest BCUT2D eigenvalue weighted by molar-refractivity contribution is 0.0743. The molecule has 2 aliphatic rings. The SMILES string of the molecule is CC(C)CN1CCOCCOc2ccc(C(=O)N3CCCN(C)CC3)cc2Cc2cccc(c2)C1. The van der Waals surface area contributed by atoms with Gasteiger partial charge in [-0.1, -0.05) is 38.1 Å². The molecule has 1 fully saturated rings. The molecule has 190 valence electrons. The van der Waals surface area contributed by atoms with Gasteiger partial charge in [0.2, 0.25) is 0 Å². The van der Waals surface area contributed by atoms with Gasteiger partial charge in [-0.2, -0.15) is 0 Å². The van der Waals surface area contributed by atoms with Gasteiger partial charge in [0.05, 0.1) is 13.2 Å². The molecular weight excluding hydrogens is 438 g/mol. The Morgan fingerprint density at radius 2 is 1.80 bits per heavy atom. The second-order valence-corrected chi connectivity index (χ2v) is 10.4. The lowest BCUT2D eigenvalue weighted by Crippen LogP contribution is -2.34. The predicted molar refractivity (Wildman–Crippen MR) is 140 cm³/mol. The molecule has 1 saturated heterocycles. The maximum Gasteiger partial charge on any atom is 0.253 e. The second-order valence-electron chi connectivity index (χ2n) is 10.4. The van der Waals surface area contributed by atoms with E-state index in [1.807, 2.05) is 23.1 Å². The Kier molecular flexibility index (Phi) is 9.18. The summed E-state index contributed by atoms with van der Waals surface area (Å²) in [7, 11) is 2.12. The number of ether oxygens (including phenoxy) is 2. The van der Waals surface area contributed by atoms with Crippen LogP contribution >= 0.6 is 0 Å². The Hall–Kier alpha value is -2.41. The van der Waals surface area contributed by atoms with E-state index in [1.54, 1.807) is 0 Å². The van der Waals surface area contributed by atoms with Crippen molar-refractivity contribution in [3.05, 3.63) is 64.7 Å². The van der Waals surface area contributed by atoms with E-state index in [0.29, 0.717) is 25.7 Å². The first kappa shape index (κ1) is 25.7. The van der Waals surface area contributed by atoms with Gasteiger partial charge in [-0.15, -0.1) is 0 Å². The Labute approximate surface area is 210 Å². The van der Waals surface area contributed by atoms with Crippen LogP contribution in [0.5, 0.6) is 5.75 Å². The van der Waals surface area contributed by atoms with E-state index in [-0.39, 0.29) is 5.91 Å². The minimum absolute atomic E-state index is 0.115. The van der Waals surface area contributed by atoms with Crippen LogP contribution in [0.3, 0.4) is 0 Å². The number of fused-ring (bicyclic) bond motifs is 3. The van der Waals surface area contributed by atoms with Gasteiger partial charge in [-0.05, 0) is 60.8 Å². The minimum Gasteiger partial charge on any atom is -0.491 e. The number of benzene rings is 2. The van der Waals surface area contributed by atoms with Crippen molar-refractivity contribution >= 4 is 5.91 Å². The quantitative estimate of drug-likeness (QED) is 0.668. The lowest BCUT2D eigenvalue weighted by Gasteiger charge is -2.25. The number of hydrogen-bond donors (Lipinski definition) is 0. The van der Waals surface area contributed by atoms with E-state index in [4.69, 9.17) is 9.47 Å². The monoisotopic (exact) mass is 479 g/mol. The summed E-state index contributed by atoms with van der Waals surface area (Å²) in [6.45, 7) is 12.7. The summed E-state index contributed by atoms with van der Waals surface area (Å²) in [6.07, 6.45) is 1.75. The summed E-state index contributed by atoms with van der Waals surface area (Å²) in [5, 5.41) is 0. The topological polar surface area (TPSA) is 45.3 Å². The van der Waals surface area contributed by atoms with E-state index >= 15 is 0 Å².